The Bertz CT molecular complexity index is 1080. The number of pyridine rings is 1. The van der Waals surface area contributed by atoms with Crippen LogP contribution in [0.5, 0.6) is 0 Å². The summed E-state index contributed by atoms with van der Waals surface area (Å²) in [4.78, 5) is 16.5. The first-order valence-electron chi connectivity index (χ1n) is 10.0. The van der Waals surface area contributed by atoms with Gasteiger partial charge in [-0.1, -0.05) is 12.1 Å². The van der Waals surface area contributed by atoms with Crippen LogP contribution in [0.4, 0.5) is 14.5 Å². The van der Waals surface area contributed by atoms with Gasteiger partial charge in [-0.15, -0.1) is 0 Å². The molecule has 2 aromatic heterocycles. The highest BCUT2D eigenvalue weighted by Crippen LogP contribution is 2.37. The van der Waals surface area contributed by atoms with Gasteiger partial charge in [0.15, 0.2) is 0 Å². The lowest BCUT2D eigenvalue weighted by Gasteiger charge is -2.35. The standard InChI is InChI=1S/C23H23F2N5O/c1-30-15-18(14-28-30)21-8-9-26-13-17(21)4-7-22(31)29-19-5-2-16(3-6-19)12-27-20-10-23(24,25)11-20/h2-9,13-15,20,27H,10-12H2,1H3,(H,29,31)/b7-4+. The van der Waals surface area contributed by atoms with Crippen LogP contribution >= 0.6 is 0 Å². The number of nitrogens with one attached hydrogen (secondary N) is 2. The van der Waals surface area contributed by atoms with Crippen molar-refractivity contribution in [3.05, 3.63) is 72.3 Å². The Hall–Kier alpha value is -3.39. The van der Waals surface area contributed by atoms with Crippen molar-refractivity contribution in [1.82, 2.24) is 20.1 Å². The number of aromatic nitrogens is 3. The molecule has 1 aliphatic rings. The summed E-state index contributed by atoms with van der Waals surface area (Å²) >= 11 is 0. The van der Waals surface area contributed by atoms with Crippen molar-refractivity contribution in [3.63, 3.8) is 0 Å². The molecule has 2 heterocycles. The van der Waals surface area contributed by atoms with Crippen LogP contribution < -0.4 is 10.6 Å². The third-order valence-electron chi connectivity index (χ3n) is 5.19. The van der Waals surface area contributed by atoms with E-state index in [1.807, 2.05) is 31.4 Å². The molecule has 2 N–H and O–H groups in total. The molecule has 31 heavy (non-hydrogen) atoms. The lowest BCUT2D eigenvalue weighted by atomic mass is 9.88. The fraction of sp³-hybridized carbons (Fsp3) is 0.261. The second-order valence-corrected chi connectivity index (χ2v) is 7.73. The van der Waals surface area contributed by atoms with E-state index in [2.05, 4.69) is 20.7 Å². The van der Waals surface area contributed by atoms with Crippen LogP contribution in [0.25, 0.3) is 17.2 Å². The molecular weight excluding hydrogens is 400 g/mol. The molecule has 0 saturated heterocycles. The summed E-state index contributed by atoms with van der Waals surface area (Å²) in [7, 11) is 1.85. The summed E-state index contributed by atoms with van der Waals surface area (Å²) in [5, 5.41) is 10.1. The van der Waals surface area contributed by atoms with Gasteiger partial charge in [0.25, 0.3) is 5.92 Å². The molecule has 1 fully saturated rings. The number of rotatable bonds is 7. The predicted octanol–water partition coefficient (Wildman–Crippen LogP) is 4.02. The Morgan fingerprint density at radius 2 is 2.00 bits per heavy atom. The van der Waals surface area contributed by atoms with E-state index in [9.17, 15) is 13.6 Å². The van der Waals surface area contributed by atoms with Crippen LogP contribution in [0, 0.1) is 0 Å². The molecule has 0 unspecified atom stereocenters. The highest BCUT2D eigenvalue weighted by molar-refractivity contribution is 6.02. The number of aryl methyl sites for hydroxylation is 1. The van der Waals surface area contributed by atoms with E-state index in [0.717, 1.165) is 22.3 Å². The van der Waals surface area contributed by atoms with Crippen LogP contribution in [0.1, 0.15) is 24.0 Å². The minimum Gasteiger partial charge on any atom is -0.323 e. The zero-order chi connectivity index (χ0) is 21.8. The number of hydrogen-bond donors (Lipinski definition) is 2. The molecule has 0 bridgehead atoms. The Balaban J connectivity index is 1.32. The summed E-state index contributed by atoms with van der Waals surface area (Å²) in [5.74, 6) is -2.78. The minimum absolute atomic E-state index is 0.104. The molecule has 6 nitrogen and oxygen atoms in total. The van der Waals surface area contributed by atoms with Gasteiger partial charge in [-0.05, 0) is 35.4 Å². The van der Waals surface area contributed by atoms with Gasteiger partial charge in [0.2, 0.25) is 5.91 Å². The lowest BCUT2D eigenvalue weighted by molar-refractivity contribution is -0.111. The number of carbonyl (C=O) groups excluding carboxylic acids is 1. The molecule has 0 radical (unpaired) electrons. The predicted molar refractivity (Wildman–Crippen MR) is 115 cm³/mol. The van der Waals surface area contributed by atoms with Gasteiger partial charge >= 0.3 is 0 Å². The highest BCUT2D eigenvalue weighted by Gasteiger charge is 2.44. The van der Waals surface area contributed by atoms with Crippen molar-refractivity contribution < 1.29 is 13.6 Å². The van der Waals surface area contributed by atoms with E-state index < -0.39 is 5.92 Å². The summed E-state index contributed by atoms with van der Waals surface area (Å²) < 4.78 is 27.5. The molecule has 8 heteroatoms. The molecule has 0 aliphatic heterocycles. The second-order valence-electron chi connectivity index (χ2n) is 7.73. The Kier molecular flexibility index (Phi) is 5.90. The van der Waals surface area contributed by atoms with Gasteiger partial charge in [-0.25, -0.2) is 8.78 Å². The van der Waals surface area contributed by atoms with Gasteiger partial charge < -0.3 is 10.6 Å². The first-order chi connectivity index (χ1) is 14.9. The fourth-order valence-corrected chi connectivity index (χ4v) is 3.49. The van der Waals surface area contributed by atoms with Gasteiger partial charge in [-0.2, -0.15) is 5.10 Å². The SMILES string of the molecule is Cn1cc(-c2ccncc2/C=C/C(=O)Nc2ccc(CNC3CC(F)(F)C3)cc2)cn1. The van der Waals surface area contributed by atoms with Crippen molar-refractivity contribution in [3.8, 4) is 11.1 Å². The smallest absolute Gasteiger partial charge is 0.251 e. The maximum atomic E-state index is 12.9. The highest BCUT2D eigenvalue weighted by atomic mass is 19.3. The van der Waals surface area contributed by atoms with Crippen molar-refractivity contribution >= 4 is 17.7 Å². The van der Waals surface area contributed by atoms with E-state index >= 15 is 0 Å². The summed E-state index contributed by atoms with van der Waals surface area (Å²) in [5.41, 5.74) is 4.33. The number of halogens is 2. The maximum absolute atomic E-state index is 12.9. The van der Waals surface area contributed by atoms with E-state index in [0.29, 0.717) is 12.2 Å². The molecule has 4 rings (SSSR count). The van der Waals surface area contributed by atoms with E-state index in [-0.39, 0.29) is 24.8 Å². The van der Waals surface area contributed by atoms with Crippen molar-refractivity contribution in [1.29, 1.82) is 0 Å². The van der Waals surface area contributed by atoms with E-state index in [1.165, 1.54) is 6.08 Å². The first kappa shape index (κ1) is 20.9. The normalized spacial score (nSPS) is 15.7. The van der Waals surface area contributed by atoms with Crippen LogP contribution in [0.2, 0.25) is 0 Å². The van der Waals surface area contributed by atoms with E-state index in [1.54, 1.807) is 41.5 Å². The number of benzene rings is 1. The quantitative estimate of drug-likeness (QED) is 0.563. The Labute approximate surface area is 179 Å². The maximum Gasteiger partial charge on any atom is 0.251 e. The minimum atomic E-state index is -2.52. The fourth-order valence-electron chi connectivity index (χ4n) is 3.49. The van der Waals surface area contributed by atoms with Crippen LogP contribution in [0.3, 0.4) is 0 Å². The molecule has 1 aliphatic carbocycles. The number of alkyl halides is 2. The molecule has 1 aromatic carbocycles. The monoisotopic (exact) mass is 423 g/mol. The first-order valence-corrected chi connectivity index (χ1v) is 10.0. The summed E-state index contributed by atoms with van der Waals surface area (Å²) in [6, 6.07) is 9.07. The number of carbonyl (C=O) groups is 1. The lowest BCUT2D eigenvalue weighted by Crippen LogP contribution is -2.48. The zero-order valence-electron chi connectivity index (χ0n) is 17.1. The summed E-state index contributed by atoms with van der Waals surface area (Å²) in [6.07, 6.45) is 10.0. The Morgan fingerprint density at radius 3 is 2.68 bits per heavy atom. The molecule has 0 atom stereocenters. The molecular formula is C23H23F2N5O. The molecule has 160 valence electrons. The summed E-state index contributed by atoms with van der Waals surface area (Å²) in [6.45, 7) is 0.521. The van der Waals surface area contributed by atoms with Crippen LogP contribution in [0.15, 0.2) is 61.2 Å². The van der Waals surface area contributed by atoms with Gasteiger partial charge in [0.1, 0.15) is 0 Å². The molecule has 0 spiro atoms. The number of amides is 1. The van der Waals surface area contributed by atoms with Gasteiger partial charge in [0, 0.05) is 74.0 Å². The van der Waals surface area contributed by atoms with Crippen LogP contribution in [-0.2, 0) is 18.4 Å². The number of hydrogen-bond acceptors (Lipinski definition) is 4. The van der Waals surface area contributed by atoms with Crippen molar-refractivity contribution in [2.45, 2.75) is 31.4 Å². The largest absolute Gasteiger partial charge is 0.323 e. The van der Waals surface area contributed by atoms with Crippen LogP contribution in [-0.4, -0.2) is 32.6 Å². The average molecular weight is 423 g/mol. The molecule has 1 amide bonds. The van der Waals surface area contributed by atoms with Crippen molar-refractivity contribution in [2.75, 3.05) is 5.32 Å². The topological polar surface area (TPSA) is 71.8 Å². The third kappa shape index (κ3) is 5.40. The number of anilines is 1. The molecule has 1 saturated carbocycles. The number of nitrogens with zero attached hydrogens (tertiary/aromatic N) is 3. The van der Waals surface area contributed by atoms with Gasteiger partial charge in [-0.3, -0.25) is 14.5 Å². The Morgan fingerprint density at radius 1 is 1.23 bits per heavy atom. The average Bonchev–Trinajstić information content (AvgIpc) is 3.16. The third-order valence-corrected chi connectivity index (χ3v) is 5.19. The van der Waals surface area contributed by atoms with E-state index in [4.69, 9.17) is 0 Å². The van der Waals surface area contributed by atoms with Gasteiger partial charge in [0.05, 0.1) is 6.20 Å². The van der Waals surface area contributed by atoms with Crippen molar-refractivity contribution in [2.24, 2.45) is 7.05 Å². The molecule has 3 aromatic rings. The zero-order valence-corrected chi connectivity index (χ0v) is 17.1. The second kappa shape index (κ2) is 8.77.